The smallest absolute Gasteiger partial charge is 0.397 e. The molecular weight excluding hydrogens is 423 g/mol. The summed E-state index contributed by atoms with van der Waals surface area (Å²) in [6.45, 7) is 4.90. The first kappa shape index (κ1) is 20.0. The van der Waals surface area contributed by atoms with Crippen molar-refractivity contribution in [2.24, 2.45) is 0 Å². The number of fused-ring (bicyclic) bond motifs is 1. The SMILES string of the molecule is Cc1cc(C)c2c(c1)COP(OCC1CCC(n3cc(Cl)c(=O)[nH]c3=S)O1)O2. The number of halogens is 1. The Morgan fingerprint density at radius 2 is 2.21 bits per heavy atom. The number of nitrogens with zero attached hydrogens (tertiary/aromatic N) is 1. The van der Waals surface area contributed by atoms with E-state index in [0.29, 0.717) is 13.2 Å². The van der Waals surface area contributed by atoms with E-state index >= 15 is 0 Å². The highest BCUT2D eigenvalue weighted by atomic mass is 35.5. The minimum absolute atomic E-state index is 0.0774. The van der Waals surface area contributed by atoms with Crippen LogP contribution in [0.5, 0.6) is 5.75 Å². The molecule has 3 unspecified atom stereocenters. The molecule has 1 aromatic heterocycles. The fraction of sp³-hybridized carbons (Fsp3) is 0.444. The molecular formula is C18H20ClN2O5PS. The lowest BCUT2D eigenvalue weighted by molar-refractivity contribution is -0.0220. The molecule has 2 aliphatic heterocycles. The van der Waals surface area contributed by atoms with E-state index in [1.54, 1.807) is 4.57 Å². The van der Waals surface area contributed by atoms with Crippen molar-refractivity contribution in [3.63, 3.8) is 0 Å². The van der Waals surface area contributed by atoms with Crippen LogP contribution in [0.3, 0.4) is 0 Å². The lowest BCUT2D eigenvalue weighted by Crippen LogP contribution is -2.20. The summed E-state index contributed by atoms with van der Waals surface area (Å²) in [7, 11) is -1.46. The number of benzene rings is 1. The first-order valence-electron chi connectivity index (χ1n) is 8.91. The van der Waals surface area contributed by atoms with Crippen LogP contribution in [-0.4, -0.2) is 22.3 Å². The molecule has 0 saturated carbocycles. The van der Waals surface area contributed by atoms with Crippen LogP contribution >= 0.6 is 32.4 Å². The van der Waals surface area contributed by atoms with E-state index in [1.807, 2.05) is 6.92 Å². The first-order chi connectivity index (χ1) is 13.4. The van der Waals surface area contributed by atoms with Crippen LogP contribution in [0.4, 0.5) is 0 Å². The summed E-state index contributed by atoms with van der Waals surface area (Å²) in [4.78, 5) is 14.1. The van der Waals surface area contributed by atoms with E-state index in [2.05, 4.69) is 24.0 Å². The van der Waals surface area contributed by atoms with Gasteiger partial charge in [-0.2, -0.15) is 0 Å². The Bertz CT molecular complexity index is 1010. The number of hydrogen-bond acceptors (Lipinski definition) is 6. The predicted molar refractivity (Wildman–Crippen MR) is 108 cm³/mol. The Kier molecular flexibility index (Phi) is 5.88. The number of aromatic nitrogens is 2. The molecule has 3 atom stereocenters. The molecule has 10 heteroatoms. The number of nitrogens with one attached hydrogen (secondary N) is 1. The van der Waals surface area contributed by atoms with Crippen molar-refractivity contribution in [2.75, 3.05) is 6.61 Å². The lowest BCUT2D eigenvalue weighted by atomic mass is 10.1. The van der Waals surface area contributed by atoms with Gasteiger partial charge in [-0.3, -0.25) is 23.4 Å². The molecule has 4 rings (SSSR count). The Morgan fingerprint density at radius 3 is 3.04 bits per heavy atom. The molecule has 0 radical (unpaired) electrons. The Labute approximate surface area is 173 Å². The summed E-state index contributed by atoms with van der Waals surface area (Å²) >= 11 is 11.1. The summed E-state index contributed by atoms with van der Waals surface area (Å²) in [6, 6.07) is 4.15. The van der Waals surface area contributed by atoms with Crippen molar-refractivity contribution in [3.05, 3.63) is 55.2 Å². The van der Waals surface area contributed by atoms with Gasteiger partial charge in [0.2, 0.25) is 0 Å². The van der Waals surface area contributed by atoms with Gasteiger partial charge < -0.3 is 9.26 Å². The maximum atomic E-state index is 11.5. The summed E-state index contributed by atoms with van der Waals surface area (Å²) in [5, 5.41) is 0.0774. The Hall–Kier alpha value is -1.28. The van der Waals surface area contributed by atoms with Gasteiger partial charge in [-0.15, -0.1) is 0 Å². The molecule has 28 heavy (non-hydrogen) atoms. The standard InChI is InChI=1S/C18H20ClN2O5PS/c1-10-5-11(2)16-12(6-10)8-23-27(26-16)24-9-13-3-4-15(25-13)21-7-14(19)17(22)20-18(21)28/h5-7,13,15H,3-4,8-9H2,1-2H3,(H,20,22,28). The zero-order chi connectivity index (χ0) is 19.8. The summed E-state index contributed by atoms with van der Waals surface area (Å²) < 4.78 is 25.4. The number of ether oxygens (including phenoxy) is 1. The second-order valence-corrected chi connectivity index (χ2v) is 8.83. The van der Waals surface area contributed by atoms with E-state index in [9.17, 15) is 4.79 Å². The van der Waals surface area contributed by atoms with Crippen molar-refractivity contribution in [3.8, 4) is 5.75 Å². The Balaban J connectivity index is 1.35. The van der Waals surface area contributed by atoms with Crippen molar-refractivity contribution < 1.29 is 18.3 Å². The highest BCUT2D eigenvalue weighted by molar-refractivity contribution is 7.71. The molecule has 1 fully saturated rings. The fourth-order valence-corrected chi connectivity index (χ4v) is 4.94. The van der Waals surface area contributed by atoms with Crippen LogP contribution in [0.15, 0.2) is 23.1 Å². The van der Waals surface area contributed by atoms with Crippen LogP contribution in [0.1, 0.15) is 35.8 Å². The van der Waals surface area contributed by atoms with Crippen molar-refractivity contribution in [2.45, 2.75) is 45.6 Å². The van der Waals surface area contributed by atoms with Crippen LogP contribution in [0, 0.1) is 18.6 Å². The second-order valence-electron chi connectivity index (χ2n) is 6.89. The molecule has 1 saturated heterocycles. The monoisotopic (exact) mass is 442 g/mol. The largest absolute Gasteiger partial charge is 0.426 e. The molecule has 0 bridgehead atoms. The molecule has 1 aromatic carbocycles. The normalized spacial score (nSPS) is 24.0. The van der Waals surface area contributed by atoms with E-state index < -0.39 is 14.2 Å². The van der Waals surface area contributed by atoms with Gasteiger partial charge in [0.1, 0.15) is 17.0 Å². The average molecular weight is 443 g/mol. The number of H-pyrrole nitrogens is 1. The summed E-state index contributed by atoms with van der Waals surface area (Å²) in [6.07, 6.45) is 2.64. The minimum Gasteiger partial charge on any atom is -0.426 e. The quantitative estimate of drug-likeness (QED) is 0.546. The number of aryl methyl sites for hydroxylation is 2. The van der Waals surface area contributed by atoms with Gasteiger partial charge in [-0.25, -0.2) is 0 Å². The maximum Gasteiger partial charge on any atom is 0.397 e. The molecule has 7 nitrogen and oxygen atoms in total. The number of aromatic amines is 1. The molecule has 0 spiro atoms. The Morgan fingerprint density at radius 1 is 1.39 bits per heavy atom. The zero-order valence-corrected chi connectivity index (χ0v) is 17.9. The van der Waals surface area contributed by atoms with Gasteiger partial charge in [0.05, 0.1) is 19.3 Å². The third-order valence-electron chi connectivity index (χ3n) is 4.67. The molecule has 0 amide bonds. The maximum absolute atomic E-state index is 11.5. The molecule has 2 aliphatic rings. The van der Waals surface area contributed by atoms with Crippen LogP contribution in [0.2, 0.25) is 5.02 Å². The fourth-order valence-electron chi connectivity index (χ4n) is 3.40. The highest BCUT2D eigenvalue weighted by Crippen LogP contribution is 2.49. The lowest BCUT2D eigenvalue weighted by Gasteiger charge is -2.26. The van der Waals surface area contributed by atoms with Crippen LogP contribution in [-0.2, 0) is 20.4 Å². The van der Waals surface area contributed by atoms with Gasteiger partial charge >= 0.3 is 8.60 Å². The van der Waals surface area contributed by atoms with Crippen molar-refractivity contribution in [1.29, 1.82) is 0 Å². The van der Waals surface area contributed by atoms with E-state index in [4.69, 9.17) is 42.1 Å². The van der Waals surface area contributed by atoms with Gasteiger partial charge in [-0.1, -0.05) is 29.3 Å². The van der Waals surface area contributed by atoms with Crippen molar-refractivity contribution in [1.82, 2.24) is 9.55 Å². The zero-order valence-electron chi connectivity index (χ0n) is 15.4. The molecule has 1 N–H and O–H groups in total. The third-order valence-corrected chi connectivity index (χ3v) is 6.29. The molecule has 0 aliphatic carbocycles. The van der Waals surface area contributed by atoms with Crippen molar-refractivity contribution >= 4 is 32.4 Å². The van der Waals surface area contributed by atoms with Gasteiger partial charge in [0.15, 0.2) is 4.77 Å². The first-order valence-corrected chi connectivity index (χ1v) is 10.8. The highest BCUT2D eigenvalue weighted by Gasteiger charge is 2.31. The average Bonchev–Trinajstić information content (AvgIpc) is 3.12. The topological polar surface area (TPSA) is 74.7 Å². The van der Waals surface area contributed by atoms with Crippen LogP contribution in [0.25, 0.3) is 0 Å². The van der Waals surface area contributed by atoms with E-state index in [-0.39, 0.29) is 22.1 Å². The number of rotatable bonds is 4. The number of hydrogen-bond donors (Lipinski definition) is 1. The van der Waals surface area contributed by atoms with E-state index in [0.717, 1.165) is 29.7 Å². The van der Waals surface area contributed by atoms with Gasteiger partial charge in [-0.05, 0) is 44.5 Å². The summed E-state index contributed by atoms with van der Waals surface area (Å²) in [5.74, 6) is 0.849. The second kappa shape index (κ2) is 8.22. The van der Waals surface area contributed by atoms with E-state index in [1.165, 1.54) is 11.8 Å². The van der Waals surface area contributed by atoms with Gasteiger partial charge in [0, 0.05) is 11.8 Å². The molecule has 3 heterocycles. The summed E-state index contributed by atoms with van der Waals surface area (Å²) in [5.41, 5.74) is 2.90. The molecule has 150 valence electrons. The van der Waals surface area contributed by atoms with Crippen LogP contribution < -0.4 is 10.1 Å². The van der Waals surface area contributed by atoms with Gasteiger partial charge in [0.25, 0.3) is 5.56 Å². The molecule has 2 aromatic rings. The minimum atomic E-state index is -1.46. The predicted octanol–water partition coefficient (Wildman–Crippen LogP) is 4.71. The third kappa shape index (κ3) is 4.17.